The third kappa shape index (κ3) is 2.12. The van der Waals surface area contributed by atoms with E-state index in [2.05, 4.69) is 53.8 Å². The van der Waals surface area contributed by atoms with E-state index in [4.69, 9.17) is 0 Å². The quantitative estimate of drug-likeness (QED) is 0.601. The Morgan fingerprint density at radius 3 is 2.57 bits per heavy atom. The van der Waals surface area contributed by atoms with Crippen LogP contribution in [0.2, 0.25) is 0 Å². The smallest absolute Gasteiger partial charge is 0.158 e. The van der Waals surface area contributed by atoms with Crippen LogP contribution in [0.4, 0.5) is 5.69 Å². The fraction of sp³-hybridized carbons (Fsp3) is 0.312. The second-order valence-electron chi connectivity index (χ2n) is 5.64. The summed E-state index contributed by atoms with van der Waals surface area (Å²) in [6.45, 7) is 0. The van der Waals surface area contributed by atoms with Crippen molar-refractivity contribution in [2.75, 3.05) is 4.90 Å². The lowest BCUT2D eigenvalue weighted by atomic mass is 9.99. The number of aldehydes is 1. The van der Waals surface area contributed by atoms with Crippen LogP contribution in [0.1, 0.15) is 24.3 Å². The van der Waals surface area contributed by atoms with Crippen molar-refractivity contribution in [3.63, 3.8) is 0 Å². The highest BCUT2D eigenvalue weighted by Gasteiger charge is 2.32. The van der Waals surface area contributed by atoms with Gasteiger partial charge >= 0.3 is 0 Å². The molecule has 4 nitrogen and oxygen atoms in total. The maximum Gasteiger partial charge on any atom is 0.158 e. The largest absolute Gasteiger partial charge is 0.322 e. The van der Waals surface area contributed by atoms with Crippen LogP contribution in [0.3, 0.4) is 0 Å². The normalized spacial score (nSPS) is 25.5. The van der Waals surface area contributed by atoms with E-state index in [1.807, 2.05) is 11.0 Å². The van der Waals surface area contributed by atoms with Crippen molar-refractivity contribution in [3.05, 3.63) is 42.0 Å². The minimum absolute atomic E-state index is 0.226. The molecule has 2 atom stereocenters. The van der Waals surface area contributed by atoms with E-state index in [1.165, 1.54) is 29.2 Å². The number of nitrogens with zero attached hydrogens (tertiary/aromatic N) is 1. The molecule has 2 aromatic rings. The number of nitrogens with one attached hydrogen (secondary N) is 2. The number of anilines is 1. The molecule has 1 aliphatic carbocycles. The number of hydrogen-bond donors (Lipinski definition) is 3. The van der Waals surface area contributed by atoms with Gasteiger partial charge in [0.1, 0.15) is 5.50 Å². The number of thiol groups is 1. The first kappa shape index (κ1) is 13.1. The number of hydrogen-bond acceptors (Lipinski definition) is 5. The van der Waals surface area contributed by atoms with Crippen LogP contribution in [-0.2, 0) is 4.79 Å². The SMILES string of the molecule is O=CC1NNC(S)N1c1ccc(C2CC2)c2ccccc12. The fourth-order valence-electron chi connectivity index (χ4n) is 3.11. The Labute approximate surface area is 128 Å². The number of rotatable bonds is 3. The minimum atomic E-state index is -0.400. The molecule has 0 amide bonds. The first-order valence-corrected chi connectivity index (χ1v) is 7.75. The maximum atomic E-state index is 11.3. The molecule has 108 valence electrons. The number of fused-ring (bicyclic) bond motifs is 1. The van der Waals surface area contributed by atoms with Crippen LogP contribution < -0.4 is 15.8 Å². The molecule has 2 unspecified atom stereocenters. The molecule has 1 saturated heterocycles. The van der Waals surface area contributed by atoms with E-state index in [0.717, 1.165) is 12.0 Å². The number of carbonyl (C=O) groups is 1. The number of carbonyl (C=O) groups excluding carboxylic acids is 1. The molecule has 2 N–H and O–H groups in total. The van der Waals surface area contributed by atoms with E-state index in [0.29, 0.717) is 5.92 Å². The Hall–Kier alpha value is -1.56. The van der Waals surface area contributed by atoms with Crippen LogP contribution in [-0.4, -0.2) is 17.9 Å². The maximum absolute atomic E-state index is 11.3. The molecule has 2 aromatic carbocycles. The molecule has 1 aliphatic heterocycles. The van der Waals surface area contributed by atoms with E-state index >= 15 is 0 Å². The minimum Gasteiger partial charge on any atom is -0.322 e. The van der Waals surface area contributed by atoms with Crippen molar-refractivity contribution in [1.82, 2.24) is 10.9 Å². The number of benzene rings is 2. The lowest BCUT2D eigenvalue weighted by Crippen LogP contribution is -2.39. The lowest BCUT2D eigenvalue weighted by Gasteiger charge is -2.27. The first-order valence-electron chi connectivity index (χ1n) is 7.24. The molecular weight excluding hydrogens is 282 g/mol. The van der Waals surface area contributed by atoms with E-state index in [9.17, 15) is 4.79 Å². The topological polar surface area (TPSA) is 44.4 Å². The summed E-state index contributed by atoms with van der Waals surface area (Å²) in [5.74, 6) is 0.701. The predicted molar refractivity (Wildman–Crippen MR) is 87.3 cm³/mol. The summed E-state index contributed by atoms with van der Waals surface area (Å²) >= 11 is 4.51. The van der Waals surface area contributed by atoms with E-state index in [-0.39, 0.29) is 5.50 Å². The van der Waals surface area contributed by atoms with Crippen molar-refractivity contribution >= 4 is 35.4 Å². The van der Waals surface area contributed by atoms with Crippen LogP contribution >= 0.6 is 12.6 Å². The average Bonchev–Trinajstić information content (AvgIpc) is 3.29. The molecule has 0 radical (unpaired) electrons. The average molecular weight is 299 g/mol. The van der Waals surface area contributed by atoms with E-state index < -0.39 is 6.17 Å². The lowest BCUT2D eigenvalue weighted by molar-refractivity contribution is -0.109. The third-order valence-electron chi connectivity index (χ3n) is 4.28. The molecule has 5 heteroatoms. The van der Waals surface area contributed by atoms with Gasteiger partial charge in [-0.05, 0) is 35.8 Å². The molecule has 0 spiro atoms. The first-order chi connectivity index (χ1) is 10.3. The number of hydrazine groups is 1. The Morgan fingerprint density at radius 2 is 1.86 bits per heavy atom. The van der Waals surface area contributed by atoms with Crippen molar-refractivity contribution < 1.29 is 4.79 Å². The van der Waals surface area contributed by atoms with Gasteiger partial charge in [0.15, 0.2) is 12.5 Å². The molecule has 2 aliphatic rings. The van der Waals surface area contributed by atoms with Gasteiger partial charge in [0.05, 0.1) is 0 Å². The molecule has 0 bridgehead atoms. The van der Waals surface area contributed by atoms with Gasteiger partial charge in [-0.1, -0.05) is 30.3 Å². The van der Waals surface area contributed by atoms with Crippen LogP contribution in [0.5, 0.6) is 0 Å². The summed E-state index contributed by atoms with van der Waals surface area (Å²) in [7, 11) is 0. The summed E-state index contributed by atoms with van der Waals surface area (Å²) in [6.07, 6.45) is 3.06. The van der Waals surface area contributed by atoms with Gasteiger partial charge < -0.3 is 4.90 Å². The fourth-order valence-corrected chi connectivity index (χ4v) is 3.46. The monoisotopic (exact) mass is 299 g/mol. The highest BCUT2D eigenvalue weighted by molar-refractivity contribution is 7.81. The Bertz CT molecular complexity index is 701. The standard InChI is InChI=1S/C16H17N3OS/c20-9-15-17-18-16(21)19(15)14-8-7-11(10-5-6-10)12-3-1-2-4-13(12)14/h1-4,7-10,15-18,21H,5-6H2. The predicted octanol–water partition coefficient (Wildman–Crippen LogP) is 2.37. The zero-order chi connectivity index (χ0) is 14.4. The summed E-state index contributed by atoms with van der Waals surface area (Å²) < 4.78 is 0. The highest BCUT2D eigenvalue weighted by atomic mass is 32.1. The molecule has 0 aromatic heterocycles. The zero-order valence-corrected chi connectivity index (χ0v) is 12.4. The Morgan fingerprint density at radius 1 is 1.10 bits per heavy atom. The van der Waals surface area contributed by atoms with Gasteiger partial charge in [-0.15, -0.1) is 12.6 Å². The molecule has 1 saturated carbocycles. The van der Waals surface area contributed by atoms with Crippen molar-refractivity contribution in [2.24, 2.45) is 0 Å². The molecule has 1 heterocycles. The molecule has 2 fully saturated rings. The summed E-state index contributed by atoms with van der Waals surface area (Å²) in [6, 6.07) is 12.7. The summed E-state index contributed by atoms with van der Waals surface area (Å²) in [5.41, 5.74) is 8.17. The van der Waals surface area contributed by atoms with Gasteiger partial charge in [-0.3, -0.25) is 4.79 Å². The van der Waals surface area contributed by atoms with Crippen LogP contribution in [0.15, 0.2) is 36.4 Å². The van der Waals surface area contributed by atoms with Crippen molar-refractivity contribution in [1.29, 1.82) is 0 Å². The van der Waals surface area contributed by atoms with Crippen LogP contribution in [0, 0.1) is 0 Å². The van der Waals surface area contributed by atoms with Gasteiger partial charge in [0.25, 0.3) is 0 Å². The molecular formula is C16H17N3OS. The Balaban J connectivity index is 1.89. The van der Waals surface area contributed by atoms with Crippen molar-refractivity contribution in [2.45, 2.75) is 30.4 Å². The zero-order valence-electron chi connectivity index (χ0n) is 11.5. The van der Waals surface area contributed by atoms with Crippen LogP contribution in [0.25, 0.3) is 10.8 Å². The molecule has 4 rings (SSSR count). The highest BCUT2D eigenvalue weighted by Crippen LogP contribution is 2.45. The Kier molecular flexibility index (Phi) is 3.14. The second-order valence-corrected chi connectivity index (χ2v) is 6.13. The third-order valence-corrected chi connectivity index (χ3v) is 4.66. The van der Waals surface area contributed by atoms with Gasteiger partial charge in [-0.25, -0.2) is 10.9 Å². The van der Waals surface area contributed by atoms with Gasteiger partial charge in [-0.2, -0.15) is 0 Å². The molecule has 21 heavy (non-hydrogen) atoms. The van der Waals surface area contributed by atoms with Gasteiger partial charge in [0, 0.05) is 11.1 Å². The van der Waals surface area contributed by atoms with Crippen molar-refractivity contribution in [3.8, 4) is 0 Å². The second kappa shape index (κ2) is 5.02. The summed E-state index contributed by atoms with van der Waals surface area (Å²) in [4.78, 5) is 13.2. The summed E-state index contributed by atoms with van der Waals surface area (Å²) in [5, 5.41) is 2.47. The van der Waals surface area contributed by atoms with E-state index in [1.54, 1.807) is 0 Å². The van der Waals surface area contributed by atoms with Gasteiger partial charge in [0.2, 0.25) is 0 Å².